The molecule has 6 heteroatoms. The van der Waals surface area contributed by atoms with Crippen molar-refractivity contribution >= 4 is 23.3 Å². The van der Waals surface area contributed by atoms with Crippen LogP contribution in [0.1, 0.15) is 42.5 Å². The van der Waals surface area contributed by atoms with Gasteiger partial charge >= 0.3 is 0 Å². The molecule has 0 bridgehead atoms. The van der Waals surface area contributed by atoms with Gasteiger partial charge in [-0.15, -0.1) is 0 Å². The minimum Gasteiger partial charge on any atom is -0.396 e. The Labute approximate surface area is 135 Å². The summed E-state index contributed by atoms with van der Waals surface area (Å²) in [5.74, 6) is 1.15. The topological polar surface area (TPSA) is 65.5 Å². The van der Waals surface area contributed by atoms with E-state index in [2.05, 4.69) is 15.2 Å². The van der Waals surface area contributed by atoms with Crippen LogP contribution < -0.4 is 10.2 Å². The van der Waals surface area contributed by atoms with E-state index in [1.165, 1.54) is 0 Å². The van der Waals surface area contributed by atoms with E-state index in [1.54, 1.807) is 6.07 Å². The maximum absolute atomic E-state index is 12.5. The van der Waals surface area contributed by atoms with Crippen molar-refractivity contribution < 1.29 is 9.90 Å². The third kappa shape index (κ3) is 3.70. The van der Waals surface area contributed by atoms with E-state index < -0.39 is 0 Å². The van der Waals surface area contributed by atoms with Crippen molar-refractivity contribution in [1.29, 1.82) is 0 Å². The molecule has 2 fully saturated rings. The highest BCUT2D eigenvalue weighted by atomic mass is 35.5. The summed E-state index contributed by atoms with van der Waals surface area (Å²) in [6, 6.07) is 3.48. The molecule has 1 aromatic heterocycles. The van der Waals surface area contributed by atoms with Crippen molar-refractivity contribution in [2.45, 2.75) is 38.1 Å². The fourth-order valence-corrected chi connectivity index (χ4v) is 3.24. The lowest BCUT2D eigenvalue weighted by atomic mass is 10.1. The average molecular weight is 324 g/mol. The number of halogens is 1. The number of hydrogen-bond acceptors (Lipinski definition) is 4. The smallest absolute Gasteiger partial charge is 0.251 e. The number of aliphatic hydroxyl groups excluding tert-OH is 1. The quantitative estimate of drug-likeness (QED) is 0.788. The van der Waals surface area contributed by atoms with Crippen LogP contribution in [0.3, 0.4) is 0 Å². The number of carbonyl (C=O) groups excluding carboxylic acids is 1. The maximum Gasteiger partial charge on any atom is 0.251 e. The lowest BCUT2D eigenvalue weighted by molar-refractivity contribution is 0.0924. The van der Waals surface area contributed by atoms with Gasteiger partial charge in [-0.05, 0) is 50.2 Å². The normalized spacial score (nSPS) is 19.3. The van der Waals surface area contributed by atoms with Gasteiger partial charge in [0.1, 0.15) is 11.0 Å². The summed E-state index contributed by atoms with van der Waals surface area (Å²) in [5.41, 5.74) is 0.547. The molecule has 2 N–H and O–H groups in total. The van der Waals surface area contributed by atoms with Crippen molar-refractivity contribution in [3.8, 4) is 0 Å². The zero-order chi connectivity index (χ0) is 15.5. The molecule has 1 saturated carbocycles. The molecule has 1 amide bonds. The van der Waals surface area contributed by atoms with Crippen LogP contribution in [0.2, 0.25) is 5.15 Å². The van der Waals surface area contributed by atoms with Crippen LogP contribution in [0.4, 0.5) is 5.82 Å². The lowest BCUT2D eigenvalue weighted by Gasteiger charge is -2.19. The fourth-order valence-electron chi connectivity index (χ4n) is 3.04. The van der Waals surface area contributed by atoms with Crippen molar-refractivity contribution in [3.63, 3.8) is 0 Å². The van der Waals surface area contributed by atoms with E-state index >= 15 is 0 Å². The Bertz CT molecular complexity index is 542. The van der Waals surface area contributed by atoms with E-state index in [0.29, 0.717) is 23.1 Å². The van der Waals surface area contributed by atoms with Crippen molar-refractivity contribution in [2.75, 3.05) is 24.6 Å². The molecule has 3 rings (SSSR count). The van der Waals surface area contributed by atoms with Gasteiger partial charge in [0.15, 0.2) is 0 Å². The molecule has 0 aromatic carbocycles. The number of hydrogen-bond donors (Lipinski definition) is 2. The molecular weight excluding hydrogens is 302 g/mol. The van der Waals surface area contributed by atoms with Crippen molar-refractivity contribution in [2.24, 2.45) is 5.92 Å². The van der Waals surface area contributed by atoms with Crippen LogP contribution in [0.25, 0.3) is 0 Å². The van der Waals surface area contributed by atoms with E-state index in [-0.39, 0.29) is 18.6 Å². The molecule has 1 saturated heterocycles. The Morgan fingerprint density at radius 1 is 1.41 bits per heavy atom. The number of nitrogens with one attached hydrogen (secondary N) is 1. The second-order valence-corrected chi connectivity index (χ2v) is 6.55. The Morgan fingerprint density at radius 2 is 2.14 bits per heavy atom. The molecule has 1 aromatic rings. The molecule has 2 aliphatic rings. The summed E-state index contributed by atoms with van der Waals surface area (Å²) >= 11 is 6.09. The van der Waals surface area contributed by atoms with Gasteiger partial charge in [0.05, 0.1) is 0 Å². The number of rotatable bonds is 6. The molecular formula is C16H22ClN3O2. The molecule has 1 unspecified atom stereocenters. The first-order chi connectivity index (χ1) is 10.7. The molecule has 1 aliphatic carbocycles. The molecule has 120 valence electrons. The van der Waals surface area contributed by atoms with Crippen LogP contribution >= 0.6 is 11.6 Å². The van der Waals surface area contributed by atoms with E-state index in [9.17, 15) is 4.79 Å². The van der Waals surface area contributed by atoms with Gasteiger partial charge in [0.25, 0.3) is 5.91 Å². The van der Waals surface area contributed by atoms with Gasteiger partial charge in [-0.3, -0.25) is 4.79 Å². The first-order valence-corrected chi connectivity index (χ1v) is 8.39. The SMILES string of the molecule is O=C(NC(CCO)C1CC1)c1cc(Cl)nc(N2CCCC2)c1. The summed E-state index contributed by atoms with van der Waals surface area (Å²) in [7, 11) is 0. The number of nitrogens with zero attached hydrogens (tertiary/aromatic N) is 2. The fraction of sp³-hybridized carbons (Fsp3) is 0.625. The van der Waals surface area contributed by atoms with Crippen molar-refractivity contribution in [3.05, 3.63) is 22.8 Å². The number of anilines is 1. The lowest BCUT2D eigenvalue weighted by Crippen LogP contribution is -2.37. The summed E-state index contributed by atoms with van der Waals surface area (Å²) in [6.45, 7) is 2.02. The first-order valence-electron chi connectivity index (χ1n) is 8.01. The monoisotopic (exact) mass is 323 g/mol. The number of aromatic nitrogens is 1. The second kappa shape index (κ2) is 6.84. The number of aliphatic hydroxyl groups is 1. The highest BCUT2D eigenvalue weighted by Crippen LogP contribution is 2.34. The molecule has 5 nitrogen and oxygen atoms in total. The largest absolute Gasteiger partial charge is 0.396 e. The van der Waals surface area contributed by atoms with E-state index in [0.717, 1.165) is 44.6 Å². The van der Waals surface area contributed by atoms with Gasteiger partial charge in [-0.1, -0.05) is 11.6 Å². The molecule has 22 heavy (non-hydrogen) atoms. The van der Waals surface area contributed by atoms with Gasteiger partial charge in [0.2, 0.25) is 0 Å². The van der Waals surface area contributed by atoms with Crippen LogP contribution in [0.5, 0.6) is 0 Å². The van der Waals surface area contributed by atoms with Crippen LogP contribution in [0, 0.1) is 5.92 Å². The number of carbonyl (C=O) groups is 1. The summed E-state index contributed by atoms with van der Waals surface area (Å²) in [6.07, 6.45) is 5.16. The molecule has 1 aliphatic heterocycles. The Hall–Kier alpha value is -1.33. The highest BCUT2D eigenvalue weighted by Gasteiger charge is 2.32. The Kier molecular flexibility index (Phi) is 4.84. The van der Waals surface area contributed by atoms with Gasteiger partial charge in [0, 0.05) is 31.3 Å². The minimum absolute atomic E-state index is 0.0553. The summed E-state index contributed by atoms with van der Waals surface area (Å²) in [5, 5.41) is 12.5. The van der Waals surface area contributed by atoms with E-state index in [4.69, 9.17) is 16.7 Å². The second-order valence-electron chi connectivity index (χ2n) is 6.16. The maximum atomic E-state index is 12.5. The van der Waals surface area contributed by atoms with Crippen LogP contribution in [0.15, 0.2) is 12.1 Å². The molecule has 0 radical (unpaired) electrons. The average Bonchev–Trinajstić information content (AvgIpc) is 3.20. The van der Waals surface area contributed by atoms with Crippen LogP contribution in [-0.4, -0.2) is 41.7 Å². The number of pyridine rings is 1. The van der Waals surface area contributed by atoms with Crippen molar-refractivity contribution in [1.82, 2.24) is 10.3 Å². The predicted octanol–water partition coefficient (Wildman–Crippen LogP) is 2.23. The van der Waals surface area contributed by atoms with E-state index in [1.807, 2.05) is 6.07 Å². The zero-order valence-electron chi connectivity index (χ0n) is 12.6. The third-order valence-electron chi connectivity index (χ3n) is 4.42. The standard InChI is InChI=1S/C16H22ClN3O2/c17-14-9-12(10-15(19-14)20-6-1-2-7-20)16(22)18-13(5-8-21)11-3-4-11/h9-11,13,21H,1-8H2,(H,18,22). The zero-order valence-corrected chi connectivity index (χ0v) is 13.4. The summed E-state index contributed by atoms with van der Waals surface area (Å²) in [4.78, 5) is 19.0. The highest BCUT2D eigenvalue weighted by molar-refractivity contribution is 6.29. The Balaban J connectivity index is 1.73. The molecule has 2 heterocycles. The molecule has 1 atom stereocenters. The molecule has 0 spiro atoms. The Morgan fingerprint density at radius 3 is 2.77 bits per heavy atom. The number of amides is 1. The predicted molar refractivity (Wildman–Crippen MR) is 86.4 cm³/mol. The van der Waals surface area contributed by atoms with Gasteiger partial charge < -0.3 is 15.3 Å². The minimum atomic E-state index is -0.130. The van der Waals surface area contributed by atoms with Crippen LogP contribution in [-0.2, 0) is 0 Å². The first kappa shape index (κ1) is 15.6. The van der Waals surface area contributed by atoms with Gasteiger partial charge in [-0.25, -0.2) is 4.98 Å². The third-order valence-corrected chi connectivity index (χ3v) is 4.61. The summed E-state index contributed by atoms with van der Waals surface area (Å²) < 4.78 is 0. The van der Waals surface area contributed by atoms with Gasteiger partial charge in [-0.2, -0.15) is 0 Å².